The molecule has 1 aliphatic rings. The number of rotatable bonds is 2. The van der Waals surface area contributed by atoms with Crippen molar-refractivity contribution in [3.8, 4) is 0 Å². The quantitative estimate of drug-likeness (QED) is 0.795. The van der Waals surface area contributed by atoms with Crippen LogP contribution in [0.1, 0.15) is 47.8 Å². The van der Waals surface area contributed by atoms with E-state index >= 15 is 0 Å². The largest absolute Gasteiger partial charge is 0.464 e. The summed E-state index contributed by atoms with van der Waals surface area (Å²) in [5, 5.41) is 9.46. The van der Waals surface area contributed by atoms with E-state index in [0.29, 0.717) is 11.6 Å². The van der Waals surface area contributed by atoms with E-state index in [1.165, 1.54) is 7.11 Å². The Kier molecular flexibility index (Phi) is 3.74. The minimum atomic E-state index is -0.400. The van der Waals surface area contributed by atoms with E-state index in [1.54, 1.807) is 6.07 Å². The van der Waals surface area contributed by atoms with Crippen molar-refractivity contribution < 1.29 is 14.6 Å². The Hall–Kier alpha value is -1.42. The zero-order valence-corrected chi connectivity index (χ0v) is 9.93. The molecule has 0 aliphatic heterocycles. The summed E-state index contributed by atoms with van der Waals surface area (Å²) in [6.45, 7) is 0. The summed E-state index contributed by atoms with van der Waals surface area (Å²) < 4.78 is 4.65. The van der Waals surface area contributed by atoms with Gasteiger partial charge in [-0.1, -0.05) is 6.07 Å². The second-order valence-corrected chi connectivity index (χ2v) is 4.44. The fraction of sp³-hybridized carbons (Fsp3) is 0.538. The standard InChI is InChI=1S/C13H17NO3/c1-17-13(16)12-4-2-3-11(14-12)9-5-7-10(15)8-6-9/h2-4,9-10,15H,5-8H2,1H3. The molecule has 0 aromatic carbocycles. The number of pyridine rings is 1. The maximum absolute atomic E-state index is 11.4. The molecule has 1 N–H and O–H groups in total. The summed E-state index contributed by atoms with van der Waals surface area (Å²) in [6.07, 6.45) is 3.32. The average Bonchev–Trinajstić information content (AvgIpc) is 2.39. The van der Waals surface area contributed by atoms with Crippen LogP contribution in [0.3, 0.4) is 0 Å². The number of carbonyl (C=O) groups excluding carboxylic acids is 1. The Balaban J connectivity index is 2.13. The molecule has 0 amide bonds. The number of methoxy groups -OCH3 is 1. The topological polar surface area (TPSA) is 59.4 Å². The molecular weight excluding hydrogens is 218 g/mol. The summed E-state index contributed by atoms with van der Waals surface area (Å²) in [5.74, 6) is -0.0503. The van der Waals surface area contributed by atoms with E-state index in [1.807, 2.05) is 12.1 Å². The van der Waals surface area contributed by atoms with E-state index in [-0.39, 0.29) is 6.10 Å². The highest BCUT2D eigenvalue weighted by atomic mass is 16.5. The molecule has 0 radical (unpaired) electrons. The number of hydrogen-bond acceptors (Lipinski definition) is 4. The number of hydrogen-bond donors (Lipinski definition) is 1. The predicted molar refractivity (Wildman–Crippen MR) is 62.8 cm³/mol. The van der Waals surface area contributed by atoms with E-state index in [0.717, 1.165) is 31.4 Å². The highest BCUT2D eigenvalue weighted by Crippen LogP contribution is 2.31. The van der Waals surface area contributed by atoms with Crippen molar-refractivity contribution >= 4 is 5.97 Å². The summed E-state index contributed by atoms with van der Waals surface area (Å²) in [4.78, 5) is 15.7. The van der Waals surface area contributed by atoms with Crippen LogP contribution in [-0.4, -0.2) is 29.3 Å². The highest BCUT2D eigenvalue weighted by molar-refractivity contribution is 5.87. The molecule has 0 bridgehead atoms. The molecule has 1 fully saturated rings. The van der Waals surface area contributed by atoms with Gasteiger partial charge in [0.05, 0.1) is 13.2 Å². The minimum Gasteiger partial charge on any atom is -0.464 e. The second-order valence-electron chi connectivity index (χ2n) is 4.44. The van der Waals surface area contributed by atoms with Crippen LogP contribution in [0.2, 0.25) is 0 Å². The molecule has 0 unspecified atom stereocenters. The molecule has 1 aromatic heterocycles. The zero-order chi connectivity index (χ0) is 12.3. The maximum Gasteiger partial charge on any atom is 0.356 e. The molecule has 0 spiro atoms. The van der Waals surface area contributed by atoms with Gasteiger partial charge in [0.25, 0.3) is 0 Å². The molecule has 4 nitrogen and oxygen atoms in total. The molecule has 1 heterocycles. The van der Waals surface area contributed by atoms with Crippen LogP contribution in [0.5, 0.6) is 0 Å². The van der Waals surface area contributed by atoms with Crippen molar-refractivity contribution in [3.05, 3.63) is 29.6 Å². The number of aliphatic hydroxyl groups excluding tert-OH is 1. The first-order valence-corrected chi connectivity index (χ1v) is 5.94. The van der Waals surface area contributed by atoms with Gasteiger partial charge in [0.1, 0.15) is 5.69 Å². The van der Waals surface area contributed by atoms with Crippen molar-refractivity contribution in [2.75, 3.05) is 7.11 Å². The Labute approximate surface area is 101 Å². The van der Waals surface area contributed by atoms with Crippen molar-refractivity contribution in [3.63, 3.8) is 0 Å². The lowest BCUT2D eigenvalue weighted by Crippen LogP contribution is -2.18. The fourth-order valence-corrected chi connectivity index (χ4v) is 2.27. The lowest BCUT2D eigenvalue weighted by molar-refractivity contribution is 0.0593. The van der Waals surface area contributed by atoms with Gasteiger partial charge in [-0.15, -0.1) is 0 Å². The monoisotopic (exact) mass is 235 g/mol. The minimum absolute atomic E-state index is 0.171. The lowest BCUT2D eigenvalue weighted by atomic mass is 9.85. The third-order valence-corrected chi connectivity index (χ3v) is 3.28. The van der Waals surface area contributed by atoms with Crippen molar-refractivity contribution in [1.29, 1.82) is 0 Å². The van der Waals surface area contributed by atoms with E-state index in [9.17, 15) is 9.90 Å². The van der Waals surface area contributed by atoms with Gasteiger partial charge in [-0.05, 0) is 37.8 Å². The summed E-state index contributed by atoms with van der Waals surface area (Å²) >= 11 is 0. The maximum atomic E-state index is 11.4. The van der Waals surface area contributed by atoms with Gasteiger partial charge in [0.2, 0.25) is 0 Å². The molecule has 92 valence electrons. The Bertz CT molecular complexity index is 397. The molecule has 1 saturated carbocycles. The number of nitrogens with zero attached hydrogens (tertiary/aromatic N) is 1. The number of aromatic nitrogens is 1. The van der Waals surface area contributed by atoms with Gasteiger partial charge in [0, 0.05) is 11.6 Å². The van der Waals surface area contributed by atoms with Crippen LogP contribution < -0.4 is 0 Å². The molecule has 0 saturated heterocycles. The first-order chi connectivity index (χ1) is 8.20. The zero-order valence-electron chi connectivity index (χ0n) is 9.93. The van der Waals surface area contributed by atoms with Crippen LogP contribution in [0.25, 0.3) is 0 Å². The normalized spacial score (nSPS) is 24.4. The molecule has 1 aromatic rings. The van der Waals surface area contributed by atoms with Gasteiger partial charge >= 0.3 is 5.97 Å². The third kappa shape index (κ3) is 2.82. The Morgan fingerprint density at radius 1 is 1.35 bits per heavy atom. The molecular formula is C13H17NO3. The summed E-state index contributed by atoms with van der Waals surface area (Å²) in [6, 6.07) is 5.43. The molecule has 17 heavy (non-hydrogen) atoms. The first kappa shape index (κ1) is 12.0. The van der Waals surface area contributed by atoms with Gasteiger partial charge < -0.3 is 9.84 Å². The summed E-state index contributed by atoms with van der Waals surface area (Å²) in [7, 11) is 1.35. The number of ether oxygens (including phenoxy) is 1. The van der Waals surface area contributed by atoms with Gasteiger partial charge in [-0.25, -0.2) is 9.78 Å². The molecule has 4 heteroatoms. The van der Waals surface area contributed by atoms with Crippen LogP contribution in [-0.2, 0) is 4.74 Å². The average molecular weight is 235 g/mol. The van der Waals surface area contributed by atoms with E-state index < -0.39 is 5.97 Å². The molecule has 0 atom stereocenters. The predicted octanol–water partition coefficient (Wildman–Crippen LogP) is 1.89. The number of carbonyl (C=O) groups is 1. The first-order valence-electron chi connectivity index (χ1n) is 5.94. The molecule has 1 aliphatic carbocycles. The SMILES string of the molecule is COC(=O)c1cccc(C2CCC(O)CC2)n1. The number of aliphatic hydroxyl groups is 1. The van der Waals surface area contributed by atoms with Gasteiger partial charge in [-0.3, -0.25) is 0 Å². The summed E-state index contributed by atoms with van der Waals surface area (Å²) in [5.41, 5.74) is 1.29. The Morgan fingerprint density at radius 3 is 2.71 bits per heavy atom. The van der Waals surface area contributed by atoms with Crippen LogP contribution in [0, 0.1) is 0 Å². The van der Waals surface area contributed by atoms with Gasteiger partial charge in [-0.2, -0.15) is 0 Å². The van der Waals surface area contributed by atoms with E-state index in [4.69, 9.17) is 0 Å². The lowest BCUT2D eigenvalue weighted by Gasteiger charge is -2.24. The molecule has 2 rings (SSSR count). The second kappa shape index (κ2) is 5.27. The van der Waals surface area contributed by atoms with Crippen LogP contribution in [0.15, 0.2) is 18.2 Å². The van der Waals surface area contributed by atoms with Crippen molar-refractivity contribution in [1.82, 2.24) is 4.98 Å². The third-order valence-electron chi connectivity index (χ3n) is 3.28. The Morgan fingerprint density at radius 2 is 2.06 bits per heavy atom. The highest BCUT2D eigenvalue weighted by Gasteiger charge is 2.22. The van der Waals surface area contributed by atoms with E-state index in [2.05, 4.69) is 9.72 Å². The number of esters is 1. The van der Waals surface area contributed by atoms with Crippen LogP contribution >= 0.6 is 0 Å². The van der Waals surface area contributed by atoms with Crippen molar-refractivity contribution in [2.24, 2.45) is 0 Å². The van der Waals surface area contributed by atoms with Crippen molar-refractivity contribution in [2.45, 2.75) is 37.7 Å². The fourth-order valence-electron chi connectivity index (χ4n) is 2.27. The van der Waals surface area contributed by atoms with Gasteiger partial charge in [0.15, 0.2) is 0 Å². The van der Waals surface area contributed by atoms with Crippen LogP contribution in [0.4, 0.5) is 0 Å². The smallest absolute Gasteiger partial charge is 0.356 e.